The standard InChI is InChI=1S/C25H21BrClN3O3S2/c1-17-28-24(16-34-17)18-6-4-7-21(13-18)29-25(31)15-30(14-19-5-2-3-8-23(19)27)35(32,33)22-11-9-20(26)10-12-22/h2-13,16H,14-15H2,1H3,(H,29,31). The number of carbonyl (C=O) groups excluding carboxylic acids is 1. The number of aryl methyl sites for hydroxylation is 1. The van der Waals surface area contributed by atoms with Crippen LogP contribution in [-0.4, -0.2) is 30.2 Å². The number of nitrogens with zero attached hydrogens (tertiary/aromatic N) is 2. The zero-order chi connectivity index (χ0) is 25.0. The highest BCUT2D eigenvalue weighted by molar-refractivity contribution is 9.10. The number of anilines is 1. The van der Waals surface area contributed by atoms with E-state index in [2.05, 4.69) is 26.2 Å². The molecule has 0 radical (unpaired) electrons. The lowest BCUT2D eigenvalue weighted by Gasteiger charge is -2.22. The molecule has 0 unspecified atom stereocenters. The average Bonchev–Trinajstić information content (AvgIpc) is 3.27. The Morgan fingerprint density at radius 2 is 1.83 bits per heavy atom. The van der Waals surface area contributed by atoms with Gasteiger partial charge in [-0.1, -0.05) is 57.9 Å². The summed E-state index contributed by atoms with van der Waals surface area (Å²) < 4.78 is 28.8. The molecule has 0 saturated heterocycles. The van der Waals surface area contributed by atoms with E-state index in [1.807, 2.05) is 30.5 Å². The van der Waals surface area contributed by atoms with Crippen molar-refractivity contribution in [3.63, 3.8) is 0 Å². The minimum absolute atomic E-state index is 0.0520. The van der Waals surface area contributed by atoms with Crippen LogP contribution in [0.3, 0.4) is 0 Å². The van der Waals surface area contributed by atoms with E-state index in [1.54, 1.807) is 53.8 Å². The number of aromatic nitrogens is 1. The Kier molecular flexibility index (Phi) is 8.03. The molecule has 0 fully saturated rings. The van der Waals surface area contributed by atoms with E-state index in [1.165, 1.54) is 12.1 Å². The Bertz CT molecular complexity index is 1460. The molecule has 3 aromatic carbocycles. The van der Waals surface area contributed by atoms with Crippen molar-refractivity contribution in [2.24, 2.45) is 0 Å². The number of nitrogens with one attached hydrogen (secondary N) is 1. The van der Waals surface area contributed by atoms with Gasteiger partial charge >= 0.3 is 0 Å². The number of rotatable bonds is 8. The second-order valence-corrected chi connectivity index (χ2v) is 12.0. The largest absolute Gasteiger partial charge is 0.325 e. The number of hydrogen-bond acceptors (Lipinski definition) is 5. The second kappa shape index (κ2) is 11.0. The summed E-state index contributed by atoms with van der Waals surface area (Å²) >= 11 is 11.2. The molecule has 1 heterocycles. The molecular formula is C25H21BrClN3O3S2. The highest BCUT2D eigenvalue weighted by Gasteiger charge is 2.27. The number of thiazole rings is 1. The van der Waals surface area contributed by atoms with Gasteiger partial charge < -0.3 is 5.32 Å². The third-order valence-corrected chi connectivity index (χ3v) is 8.61. The number of halogens is 2. The lowest BCUT2D eigenvalue weighted by atomic mass is 10.1. The Labute approximate surface area is 221 Å². The van der Waals surface area contributed by atoms with Crippen LogP contribution in [0.5, 0.6) is 0 Å². The summed E-state index contributed by atoms with van der Waals surface area (Å²) in [5, 5.41) is 6.14. The molecule has 0 spiro atoms. The zero-order valence-corrected chi connectivity index (χ0v) is 22.6. The number of sulfonamides is 1. The molecule has 4 aromatic rings. The Morgan fingerprint density at radius 1 is 1.09 bits per heavy atom. The highest BCUT2D eigenvalue weighted by Crippen LogP contribution is 2.26. The molecule has 0 bridgehead atoms. The maximum absolute atomic E-state index is 13.5. The number of hydrogen-bond donors (Lipinski definition) is 1. The van der Waals surface area contributed by atoms with Crippen LogP contribution in [0.1, 0.15) is 10.6 Å². The van der Waals surface area contributed by atoms with Gasteiger partial charge in [-0.3, -0.25) is 4.79 Å². The van der Waals surface area contributed by atoms with Gasteiger partial charge in [0.2, 0.25) is 15.9 Å². The fourth-order valence-corrected chi connectivity index (χ4v) is 5.87. The summed E-state index contributed by atoms with van der Waals surface area (Å²) in [6.07, 6.45) is 0. The van der Waals surface area contributed by atoms with Crippen LogP contribution in [0, 0.1) is 6.92 Å². The fourth-order valence-electron chi connectivity index (χ4n) is 3.41. The van der Waals surface area contributed by atoms with Crippen molar-refractivity contribution in [3.8, 4) is 11.3 Å². The quantitative estimate of drug-likeness (QED) is 0.259. The van der Waals surface area contributed by atoms with Gasteiger partial charge in [0.1, 0.15) is 0 Å². The van der Waals surface area contributed by atoms with Crippen molar-refractivity contribution in [2.75, 3.05) is 11.9 Å². The Balaban J connectivity index is 1.59. The number of benzene rings is 3. The van der Waals surface area contributed by atoms with E-state index in [-0.39, 0.29) is 18.0 Å². The van der Waals surface area contributed by atoms with Crippen LogP contribution in [-0.2, 0) is 21.4 Å². The van der Waals surface area contributed by atoms with Gasteiger partial charge in [-0.15, -0.1) is 11.3 Å². The van der Waals surface area contributed by atoms with Gasteiger partial charge in [-0.05, 0) is 55.0 Å². The average molecular weight is 591 g/mol. The van der Waals surface area contributed by atoms with Crippen molar-refractivity contribution in [1.82, 2.24) is 9.29 Å². The van der Waals surface area contributed by atoms with Crippen LogP contribution < -0.4 is 5.32 Å². The first-order valence-corrected chi connectivity index (χ1v) is 14.0. The predicted molar refractivity (Wildman–Crippen MR) is 144 cm³/mol. The van der Waals surface area contributed by atoms with Gasteiger partial charge in [0.25, 0.3) is 0 Å². The maximum Gasteiger partial charge on any atom is 0.243 e. The lowest BCUT2D eigenvalue weighted by Crippen LogP contribution is -2.37. The second-order valence-electron chi connectivity index (χ2n) is 7.70. The van der Waals surface area contributed by atoms with E-state index in [0.29, 0.717) is 16.3 Å². The van der Waals surface area contributed by atoms with E-state index >= 15 is 0 Å². The smallest absolute Gasteiger partial charge is 0.243 e. The molecule has 0 aliphatic carbocycles. The molecule has 1 amide bonds. The van der Waals surface area contributed by atoms with Crippen LogP contribution in [0.4, 0.5) is 5.69 Å². The molecule has 0 atom stereocenters. The molecule has 0 aliphatic heterocycles. The first-order chi connectivity index (χ1) is 16.7. The normalized spacial score (nSPS) is 11.5. The van der Waals surface area contributed by atoms with Crippen molar-refractivity contribution in [1.29, 1.82) is 0 Å². The van der Waals surface area contributed by atoms with E-state index in [0.717, 1.165) is 25.0 Å². The predicted octanol–water partition coefficient (Wildman–Crippen LogP) is 6.36. The van der Waals surface area contributed by atoms with Gasteiger partial charge in [0.05, 0.1) is 22.1 Å². The molecular weight excluding hydrogens is 570 g/mol. The van der Waals surface area contributed by atoms with Gasteiger partial charge in [-0.25, -0.2) is 13.4 Å². The Hall–Kier alpha value is -2.56. The molecule has 1 N–H and O–H groups in total. The summed E-state index contributed by atoms with van der Waals surface area (Å²) in [5.41, 5.74) is 2.84. The van der Waals surface area contributed by atoms with Crippen LogP contribution in [0.25, 0.3) is 11.3 Å². The first-order valence-electron chi connectivity index (χ1n) is 10.5. The highest BCUT2D eigenvalue weighted by atomic mass is 79.9. The van der Waals surface area contributed by atoms with Gasteiger partial charge in [-0.2, -0.15) is 4.31 Å². The number of amides is 1. The first kappa shape index (κ1) is 25.5. The molecule has 35 heavy (non-hydrogen) atoms. The van der Waals surface area contributed by atoms with Crippen molar-refractivity contribution in [2.45, 2.75) is 18.4 Å². The van der Waals surface area contributed by atoms with Gasteiger partial charge in [0, 0.05) is 32.7 Å². The third kappa shape index (κ3) is 6.36. The van der Waals surface area contributed by atoms with Crippen molar-refractivity contribution >= 4 is 60.5 Å². The Morgan fingerprint density at radius 3 is 2.51 bits per heavy atom. The molecule has 6 nitrogen and oxygen atoms in total. The molecule has 4 rings (SSSR count). The third-order valence-electron chi connectivity index (χ3n) is 5.14. The molecule has 0 aliphatic rings. The minimum atomic E-state index is -3.98. The topological polar surface area (TPSA) is 79.4 Å². The van der Waals surface area contributed by atoms with E-state index in [4.69, 9.17) is 11.6 Å². The summed E-state index contributed by atoms with van der Waals surface area (Å²) in [6, 6.07) is 20.5. The maximum atomic E-state index is 13.5. The SMILES string of the molecule is Cc1nc(-c2cccc(NC(=O)CN(Cc3ccccc3Cl)S(=O)(=O)c3ccc(Br)cc3)c2)cs1. The number of carbonyl (C=O) groups is 1. The minimum Gasteiger partial charge on any atom is -0.325 e. The fraction of sp³-hybridized carbons (Fsp3) is 0.120. The molecule has 0 saturated carbocycles. The van der Waals surface area contributed by atoms with Crippen molar-refractivity contribution in [3.05, 3.63) is 98.2 Å². The van der Waals surface area contributed by atoms with Crippen molar-refractivity contribution < 1.29 is 13.2 Å². The molecule has 10 heteroatoms. The monoisotopic (exact) mass is 589 g/mol. The van der Waals surface area contributed by atoms with E-state index < -0.39 is 15.9 Å². The van der Waals surface area contributed by atoms with Crippen LogP contribution >= 0.6 is 38.9 Å². The summed E-state index contributed by atoms with van der Waals surface area (Å²) in [6.45, 7) is 1.49. The molecule has 1 aromatic heterocycles. The summed E-state index contributed by atoms with van der Waals surface area (Å²) in [4.78, 5) is 17.6. The van der Waals surface area contributed by atoms with Crippen LogP contribution in [0.15, 0.2) is 87.5 Å². The zero-order valence-electron chi connectivity index (χ0n) is 18.6. The lowest BCUT2D eigenvalue weighted by molar-refractivity contribution is -0.116. The van der Waals surface area contributed by atoms with E-state index in [9.17, 15) is 13.2 Å². The van der Waals surface area contributed by atoms with Crippen LogP contribution in [0.2, 0.25) is 5.02 Å². The van der Waals surface area contributed by atoms with Gasteiger partial charge in [0.15, 0.2) is 0 Å². The molecule has 180 valence electrons. The summed E-state index contributed by atoms with van der Waals surface area (Å²) in [5.74, 6) is -0.468. The summed E-state index contributed by atoms with van der Waals surface area (Å²) in [7, 11) is -3.98.